The molecule has 0 nitrogen and oxygen atoms in total. The summed E-state index contributed by atoms with van der Waals surface area (Å²) in [4.78, 5) is 1.62. The van der Waals surface area contributed by atoms with Crippen LogP contribution in [0.5, 0.6) is 0 Å². The Bertz CT molecular complexity index is 200. The third kappa shape index (κ3) is 2.59. The molecule has 2 rings (SSSR count). The normalized spacial score (nSPS) is 18.7. The third-order valence-electron chi connectivity index (χ3n) is 2.55. The first-order valence-corrected chi connectivity index (χ1v) is 5.38. The van der Waals surface area contributed by atoms with Crippen LogP contribution in [0.2, 0.25) is 0 Å². The Balaban J connectivity index is 0.000000720. The maximum atomic E-state index is 2.29. The Morgan fingerprint density at radius 3 is 2.50 bits per heavy atom. The average Bonchev–Trinajstić information content (AvgIpc) is 2.58. The molecule has 1 aromatic rings. The van der Waals surface area contributed by atoms with Gasteiger partial charge in [-0.25, -0.2) is 0 Å². The molecular formula is C10H15NaS. The van der Waals surface area contributed by atoms with E-state index in [-0.39, 0.29) is 29.6 Å². The van der Waals surface area contributed by atoms with Crippen LogP contribution in [0.25, 0.3) is 0 Å². The van der Waals surface area contributed by atoms with Gasteiger partial charge in [0.1, 0.15) is 0 Å². The summed E-state index contributed by atoms with van der Waals surface area (Å²) < 4.78 is 0. The number of hydrogen-bond donors (Lipinski definition) is 0. The van der Waals surface area contributed by atoms with Crippen LogP contribution in [0.4, 0.5) is 0 Å². The van der Waals surface area contributed by atoms with Gasteiger partial charge in [0.25, 0.3) is 0 Å². The fourth-order valence-electron chi connectivity index (χ4n) is 1.91. The van der Waals surface area contributed by atoms with Gasteiger partial charge in [0.15, 0.2) is 0 Å². The van der Waals surface area contributed by atoms with Crippen molar-refractivity contribution in [1.29, 1.82) is 0 Å². The first-order chi connectivity index (χ1) is 5.47. The first kappa shape index (κ1) is 10.8. The molecule has 0 spiro atoms. The van der Waals surface area contributed by atoms with Gasteiger partial charge in [0.2, 0.25) is 0 Å². The average molecular weight is 190 g/mol. The van der Waals surface area contributed by atoms with Crippen molar-refractivity contribution in [1.82, 2.24) is 0 Å². The van der Waals surface area contributed by atoms with Gasteiger partial charge in [-0.05, 0) is 30.2 Å². The van der Waals surface area contributed by atoms with Gasteiger partial charge in [-0.2, -0.15) is 0 Å². The molecule has 1 fully saturated rings. The molecule has 12 heavy (non-hydrogen) atoms. The quantitative estimate of drug-likeness (QED) is 0.597. The molecule has 1 aliphatic carbocycles. The minimum absolute atomic E-state index is 0. The van der Waals surface area contributed by atoms with E-state index in [1.165, 1.54) is 32.1 Å². The summed E-state index contributed by atoms with van der Waals surface area (Å²) in [5.74, 6) is 0.906. The molecule has 1 aromatic heterocycles. The van der Waals surface area contributed by atoms with E-state index >= 15 is 0 Å². The molecule has 0 aromatic carbocycles. The van der Waals surface area contributed by atoms with Crippen LogP contribution in [0.3, 0.4) is 0 Å². The van der Waals surface area contributed by atoms with E-state index in [1.54, 1.807) is 4.88 Å². The predicted molar refractivity (Wildman–Crippen MR) is 57.3 cm³/mol. The Hall–Kier alpha value is 0.700. The van der Waals surface area contributed by atoms with Crippen molar-refractivity contribution in [2.24, 2.45) is 0 Å². The van der Waals surface area contributed by atoms with Gasteiger partial charge in [-0.1, -0.05) is 25.3 Å². The van der Waals surface area contributed by atoms with Gasteiger partial charge in [0.05, 0.1) is 0 Å². The van der Waals surface area contributed by atoms with Gasteiger partial charge >= 0.3 is 29.6 Å². The standard InChI is InChI=1S/C10H14S.Na.H/c1-2-5-9(6-3-1)10-7-4-8-11-10;;/h4,7-9H,1-3,5-6H2;;. The molecular weight excluding hydrogens is 175 g/mol. The Labute approximate surface area is 101 Å². The largest absolute Gasteiger partial charge is 0.149 e. The van der Waals surface area contributed by atoms with Crippen LogP contribution in [-0.2, 0) is 0 Å². The van der Waals surface area contributed by atoms with Crippen molar-refractivity contribution in [3.63, 3.8) is 0 Å². The van der Waals surface area contributed by atoms with Crippen molar-refractivity contribution in [3.05, 3.63) is 22.4 Å². The van der Waals surface area contributed by atoms with E-state index in [1.807, 2.05) is 11.3 Å². The molecule has 0 bridgehead atoms. The van der Waals surface area contributed by atoms with Gasteiger partial charge in [-0.15, -0.1) is 11.3 Å². The van der Waals surface area contributed by atoms with Crippen LogP contribution in [0, 0.1) is 0 Å². The topological polar surface area (TPSA) is 0 Å². The maximum absolute atomic E-state index is 2.29. The summed E-state index contributed by atoms with van der Waals surface area (Å²) in [6.45, 7) is 0. The molecule has 1 saturated carbocycles. The molecule has 1 aliphatic rings. The Kier molecular flexibility index (Phi) is 4.88. The van der Waals surface area contributed by atoms with Gasteiger partial charge < -0.3 is 0 Å². The van der Waals surface area contributed by atoms with Crippen LogP contribution in [-0.4, -0.2) is 29.6 Å². The molecule has 0 atom stereocenters. The van der Waals surface area contributed by atoms with Crippen LogP contribution >= 0.6 is 11.3 Å². The van der Waals surface area contributed by atoms with E-state index in [0.717, 1.165) is 5.92 Å². The van der Waals surface area contributed by atoms with Crippen molar-refractivity contribution < 1.29 is 0 Å². The zero-order chi connectivity index (χ0) is 7.52. The minimum atomic E-state index is 0. The van der Waals surface area contributed by atoms with E-state index in [9.17, 15) is 0 Å². The fraction of sp³-hybridized carbons (Fsp3) is 0.600. The summed E-state index contributed by atoms with van der Waals surface area (Å²) >= 11 is 1.93. The van der Waals surface area contributed by atoms with E-state index < -0.39 is 0 Å². The number of thiophene rings is 1. The van der Waals surface area contributed by atoms with Crippen molar-refractivity contribution >= 4 is 40.9 Å². The second kappa shape index (κ2) is 5.43. The van der Waals surface area contributed by atoms with Crippen molar-refractivity contribution in [3.8, 4) is 0 Å². The number of rotatable bonds is 1. The summed E-state index contributed by atoms with van der Waals surface area (Å²) in [7, 11) is 0. The van der Waals surface area contributed by atoms with E-state index in [0.29, 0.717) is 0 Å². The van der Waals surface area contributed by atoms with E-state index in [4.69, 9.17) is 0 Å². The summed E-state index contributed by atoms with van der Waals surface area (Å²) in [5, 5.41) is 2.20. The fourth-order valence-corrected chi connectivity index (χ4v) is 2.81. The first-order valence-electron chi connectivity index (χ1n) is 4.50. The van der Waals surface area contributed by atoms with Crippen LogP contribution < -0.4 is 0 Å². The summed E-state index contributed by atoms with van der Waals surface area (Å²) in [6, 6.07) is 4.47. The Morgan fingerprint density at radius 2 is 1.92 bits per heavy atom. The SMILES string of the molecule is [NaH].c1csc(C2CCCCC2)c1. The monoisotopic (exact) mass is 190 g/mol. The van der Waals surface area contributed by atoms with Crippen molar-refractivity contribution in [2.75, 3.05) is 0 Å². The van der Waals surface area contributed by atoms with Gasteiger partial charge in [-0.3, -0.25) is 0 Å². The third-order valence-corrected chi connectivity index (χ3v) is 3.59. The zero-order valence-corrected chi connectivity index (χ0v) is 7.57. The van der Waals surface area contributed by atoms with Crippen molar-refractivity contribution in [2.45, 2.75) is 38.0 Å². The van der Waals surface area contributed by atoms with Crippen LogP contribution in [0.1, 0.15) is 42.9 Å². The second-order valence-corrected chi connectivity index (χ2v) is 4.33. The predicted octanol–water partition coefficient (Wildman–Crippen LogP) is 3.15. The molecule has 62 valence electrons. The number of hydrogen-bond acceptors (Lipinski definition) is 1. The Morgan fingerprint density at radius 1 is 1.17 bits per heavy atom. The molecule has 0 saturated heterocycles. The summed E-state index contributed by atoms with van der Waals surface area (Å²) in [5.41, 5.74) is 0. The molecule has 0 aliphatic heterocycles. The smallest absolute Gasteiger partial charge is 0.00761 e. The van der Waals surface area contributed by atoms with Gasteiger partial charge in [0, 0.05) is 4.88 Å². The minimum Gasteiger partial charge on any atom is -0.149 e. The second-order valence-electron chi connectivity index (χ2n) is 3.35. The van der Waals surface area contributed by atoms with Crippen LogP contribution in [0.15, 0.2) is 17.5 Å². The maximum Gasteiger partial charge on any atom is 0.00761 e. The molecule has 0 unspecified atom stereocenters. The zero-order valence-electron chi connectivity index (χ0n) is 6.75. The molecule has 0 radical (unpaired) electrons. The molecule has 0 N–H and O–H groups in total. The van der Waals surface area contributed by atoms with E-state index in [2.05, 4.69) is 17.5 Å². The molecule has 1 heterocycles. The summed E-state index contributed by atoms with van der Waals surface area (Å²) in [6.07, 6.45) is 7.22. The molecule has 2 heteroatoms. The molecule has 0 amide bonds.